The quantitative estimate of drug-likeness (QED) is 0.216. The van der Waals surface area contributed by atoms with Crippen LogP contribution in [0.5, 0.6) is 0 Å². The highest BCUT2D eigenvalue weighted by Crippen LogP contribution is 2.25. The van der Waals surface area contributed by atoms with Crippen molar-refractivity contribution in [2.45, 2.75) is 6.92 Å². The lowest BCUT2D eigenvalue weighted by atomic mass is 10.0. The van der Waals surface area contributed by atoms with Crippen LogP contribution in [0.25, 0.3) is 27.8 Å². The van der Waals surface area contributed by atoms with Crippen molar-refractivity contribution in [1.82, 2.24) is 14.5 Å². The average molecular weight is 529 g/mol. The normalized spacial score (nSPS) is 10.9. The largest absolute Gasteiger partial charge is 0.322 e. The van der Waals surface area contributed by atoms with Crippen molar-refractivity contribution in [3.8, 4) is 16.8 Å². The number of fused-ring (bicyclic) bond motifs is 1. The molecule has 3 aromatic heterocycles. The molecule has 0 bridgehead atoms. The van der Waals surface area contributed by atoms with Gasteiger partial charge in [0.1, 0.15) is 21.5 Å². The number of hydrogen-bond acceptors (Lipinski definition) is 5. The number of pyridine rings is 3. The Hall–Kier alpha value is -4.33. The van der Waals surface area contributed by atoms with E-state index in [-0.39, 0.29) is 27.0 Å². The van der Waals surface area contributed by atoms with Gasteiger partial charge in [-0.3, -0.25) is 14.4 Å². The molecule has 37 heavy (non-hydrogen) atoms. The number of benzene rings is 2. The molecule has 182 valence electrons. The van der Waals surface area contributed by atoms with Crippen LogP contribution < -0.4 is 10.7 Å². The molecule has 0 aliphatic carbocycles. The Bertz CT molecular complexity index is 1740. The molecule has 3 heterocycles. The van der Waals surface area contributed by atoms with Gasteiger partial charge in [0.05, 0.1) is 5.39 Å². The predicted octanol–water partition coefficient (Wildman–Crippen LogP) is 6.21. The van der Waals surface area contributed by atoms with Crippen LogP contribution in [0.4, 0.5) is 5.69 Å². The number of carbonyl (C=O) groups is 2. The van der Waals surface area contributed by atoms with E-state index in [9.17, 15) is 14.4 Å². The first-order chi connectivity index (χ1) is 17.8. The molecular weight excluding hydrogens is 511 g/mol. The Balaban J connectivity index is 1.63. The van der Waals surface area contributed by atoms with E-state index in [1.54, 1.807) is 29.0 Å². The lowest BCUT2D eigenvalue weighted by Gasteiger charge is -2.14. The number of aromatic nitrogens is 3. The van der Waals surface area contributed by atoms with Crippen molar-refractivity contribution in [3.05, 3.63) is 117 Å². The van der Waals surface area contributed by atoms with Gasteiger partial charge in [0.25, 0.3) is 5.91 Å². The second-order valence-electron chi connectivity index (χ2n) is 8.26. The van der Waals surface area contributed by atoms with Crippen LogP contribution in [0.3, 0.4) is 0 Å². The summed E-state index contributed by atoms with van der Waals surface area (Å²) in [5.41, 5.74) is 3.15. The van der Waals surface area contributed by atoms with Crippen LogP contribution in [0.15, 0.2) is 90.0 Å². The molecule has 7 nitrogen and oxygen atoms in total. The van der Waals surface area contributed by atoms with Crippen molar-refractivity contribution < 1.29 is 9.59 Å². The summed E-state index contributed by atoms with van der Waals surface area (Å²) in [4.78, 5) is 46.6. The van der Waals surface area contributed by atoms with E-state index in [1.807, 2.05) is 42.5 Å². The number of hydrogen-bond donors (Lipinski definition) is 1. The summed E-state index contributed by atoms with van der Waals surface area (Å²) in [5.74, 6) is -0.658. The molecule has 5 rings (SSSR count). The van der Waals surface area contributed by atoms with Gasteiger partial charge in [0.15, 0.2) is 5.78 Å². The molecule has 0 saturated heterocycles. The van der Waals surface area contributed by atoms with Crippen LogP contribution in [-0.2, 0) is 0 Å². The molecule has 0 unspecified atom stereocenters. The maximum absolute atomic E-state index is 13.3. The van der Waals surface area contributed by atoms with E-state index in [4.69, 9.17) is 23.2 Å². The van der Waals surface area contributed by atoms with E-state index < -0.39 is 11.3 Å². The van der Waals surface area contributed by atoms with Crippen molar-refractivity contribution >= 4 is 51.6 Å². The highest BCUT2D eigenvalue weighted by molar-refractivity contribution is 6.33. The smallest absolute Gasteiger partial charge is 0.261 e. The number of halogens is 2. The molecule has 0 spiro atoms. The molecule has 0 aliphatic heterocycles. The van der Waals surface area contributed by atoms with Gasteiger partial charge in [-0.1, -0.05) is 53.5 Å². The van der Waals surface area contributed by atoms with Crippen molar-refractivity contribution in [2.75, 3.05) is 5.32 Å². The average Bonchev–Trinajstić information content (AvgIpc) is 2.88. The fraction of sp³-hybridized carbons (Fsp3) is 0.0357. The number of ketones is 1. The van der Waals surface area contributed by atoms with Gasteiger partial charge in [-0.05, 0) is 60.5 Å². The summed E-state index contributed by atoms with van der Waals surface area (Å²) in [6.07, 6.45) is 3.04. The summed E-state index contributed by atoms with van der Waals surface area (Å²) in [7, 11) is 0. The lowest BCUT2D eigenvalue weighted by molar-refractivity contribution is 0.101. The van der Waals surface area contributed by atoms with Crippen LogP contribution in [0, 0.1) is 0 Å². The van der Waals surface area contributed by atoms with E-state index in [2.05, 4.69) is 15.3 Å². The molecule has 0 saturated carbocycles. The predicted molar refractivity (Wildman–Crippen MR) is 145 cm³/mol. The zero-order valence-electron chi connectivity index (χ0n) is 19.4. The molecule has 5 aromatic rings. The summed E-state index contributed by atoms with van der Waals surface area (Å²) in [6, 6.07) is 21.0. The number of Topliss-reactive ketones (excluding diaryl/α,β-unsaturated/α-hetero) is 1. The highest BCUT2D eigenvalue weighted by Gasteiger charge is 2.18. The Labute approximate surface area is 221 Å². The molecule has 2 aromatic carbocycles. The molecule has 1 amide bonds. The van der Waals surface area contributed by atoms with E-state index >= 15 is 0 Å². The summed E-state index contributed by atoms with van der Waals surface area (Å²) in [6.45, 7) is 1.52. The Morgan fingerprint density at radius 1 is 0.892 bits per heavy atom. The maximum Gasteiger partial charge on any atom is 0.261 e. The molecule has 9 heteroatoms. The molecule has 0 aliphatic rings. The SMILES string of the molecule is CC(=O)c1cccc(-c2cccc(-n3cc(C(=O)Nc4cc(Cl)nc(Cl)c4)c(=O)c4cccnc43)c2)c1. The van der Waals surface area contributed by atoms with Crippen LogP contribution in [-0.4, -0.2) is 26.2 Å². The highest BCUT2D eigenvalue weighted by atomic mass is 35.5. The van der Waals surface area contributed by atoms with Gasteiger partial charge in [0.2, 0.25) is 5.43 Å². The van der Waals surface area contributed by atoms with Gasteiger partial charge in [-0.25, -0.2) is 9.97 Å². The Morgan fingerprint density at radius 2 is 1.59 bits per heavy atom. The monoisotopic (exact) mass is 528 g/mol. The summed E-state index contributed by atoms with van der Waals surface area (Å²) >= 11 is 11.9. The molecule has 0 radical (unpaired) electrons. The standard InChI is InChI=1S/C28H18Cl2N4O3/c1-16(35)17-5-2-6-18(11-17)19-7-3-8-21(12-19)34-15-23(26(36)22-9-4-10-31-27(22)34)28(37)32-20-13-24(29)33-25(30)14-20/h2-15H,1H3,(H,32,33,37). The number of carbonyl (C=O) groups excluding carboxylic acids is 2. The van der Waals surface area contributed by atoms with Crippen LogP contribution >= 0.6 is 23.2 Å². The van der Waals surface area contributed by atoms with Crippen LogP contribution in [0.2, 0.25) is 10.3 Å². The molecule has 0 atom stereocenters. The Morgan fingerprint density at radius 3 is 2.32 bits per heavy atom. The zero-order valence-corrected chi connectivity index (χ0v) is 20.9. The third kappa shape index (κ3) is 5.00. The maximum atomic E-state index is 13.3. The Kier molecular flexibility index (Phi) is 6.56. The van der Waals surface area contributed by atoms with Crippen molar-refractivity contribution in [3.63, 3.8) is 0 Å². The minimum Gasteiger partial charge on any atom is -0.322 e. The first-order valence-corrected chi connectivity index (χ1v) is 11.9. The zero-order chi connectivity index (χ0) is 26.1. The molecule has 0 fully saturated rings. The second-order valence-corrected chi connectivity index (χ2v) is 9.03. The fourth-order valence-electron chi connectivity index (χ4n) is 4.01. The number of anilines is 1. The third-order valence-electron chi connectivity index (χ3n) is 5.75. The lowest BCUT2D eigenvalue weighted by Crippen LogP contribution is -2.24. The summed E-state index contributed by atoms with van der Waals surface area (Å²) < 4.78 is 1.69. The number of amides is 1. The molecule has 1 N–H and O–H groups in total. The fourth-order valence-corrected chi connectivity index (χ4v) is 4.47. The summed E-state index contributed by atoms with van der Waals surface area (Å²) in [5, 5.41) is 3.16. The number of nitrogens with zero attached hydrogens (tertiary/aromatic N) is 3. The van der Waals surface area contributed by atoms with E-state index in [0.717, 1.165) is 11.1 Å². The van der Waals surface area contributed by atoms with Gasteiger partial charge < -0.3 is 9.88 Å². The topological polar surface area (TPSA) is 94.0 Å². The van der Waals surface area contributed by atoms with Crippen molar-refractivity contribution in [1.29, 1.82) is 0 Å². The van der Waals surface area contributed by atoms with Gasteiger partial charge in [0, 0.05) is 29.3 Å². The van der Waals surface area contributed by atoms with Gasteiger partial charge in [-0.15, -0.1) is 0 Å². The first kappa shape index (κ1) is 24.4. The van der Waals surface area contributed by atoms with Crippen molar-refractivity contribution in [2.24, 2.45) is 0 Å². The third-order valence-corrected chi connectivity index (χ3v) is 6.14. The van der Waals surface area contributed by atoms with Gasteiger partial charge >= 0.3 is 0 Å². The van der Waals surface area contributed by atoms with E-state index in [0.29, 0.717) is 22.6 Å². The number of rotatable bonds is 5. The first-order valence-electron chi connectivity index (χ1n) is 11.2. The van der Waals surface area contributed by atoms with Crippen LogP contribution in [0.1, 0.15) is 27.6 Å². The minimum atomic E-state index is -0.631. The minimum absolute atomic E-state index is 0.0268. The van der Waals surface area contributed by atoms with E-state index in [1.165, 1.54) is 25.3 Å². The second kappa shape index (κ2) is 9.97. The number of nitrogens with one attached hydrogen (secondary N) is 1. The molecular formula is C28H18Cl2N4O3. The van der Waals surface area contributed by atoms with Gasteiger partial charge in [-0.2, -0.15) is 0 Å².